The number of hydrogen-bond donors (Lipinski definition) is 0. The van der Waals surface area contributed by atoms with E-state index in [0.29, 0.717) is 0 Å². The van der Waals surface area contributed by atoms with Gasteiger partial charge in [0.2, 0.25) is 0 Å². The molecule has 0 rings (SSSR count). The predicted octanol–water partition coefficient (Wildman–Crippen LogP) is 2.75. The van der Waals surface area contributed by atoms with E-state index in [9.17, 15) is 0 Å². The van der Waals surface area contributed by atoms with E-state index in [1.807, 2.05) is 0 Å². The third-order valence-corrected chi connectivity index (χ3v) is 2.89. The Kier molecular flexibility index (Phi) is 7.39. The molecule has 68 valence electrons. The van der Waals surface area contributed by atoms with Gasteiger partial charge < -0.3 is 4.90 Å². The molecule has 0 aliphatic carbocycles. The van der Waals surface area contributed by atoms with Crippen molar-refractivity contribution >= 4 is 15.9 Å². The first-order chi connectivity index (χ1) is 5.24. The summed E-state index contributed by atoms with van der Waals surface area (Å²) in [6.07, 6.45) is 2.54. The second kappa shape index (κ2) is 7.11. The number of halogens is 1. The summed E-state index contributed by atoms with van der Waals surface area (Å²) in [4.78, 5) is 2.41. The van der Waals surface area contributed by atoms with Crippen molar-refractivity contribution in [2.75, 3.05) is 25.5 Å². The van der Waals surface area contributed by atoms with Crippen molar-refractivity contribution in [3.63, 3.8) is 0 Å². The molecule has 0 heterocycles. The van der Waals surface area contributed by atoms with Gasteiger partial charge in [0.25, 0.3) is 0 Å². The summed E-state index contributed by atoms with van der Waals surface area (Å²) in [5.41, 5.74) is 0. The van der Waals surface area contributed by atoms with Gasteiger partial charge in [-0.3, -0.25) is 0 Å². The average molecular weight is 222 g/mol. The molecule has 1 atom stereocenters. The standard InChI is InChI=1S/C9H20BrN/c1-4-6-11(3)8-9(5-2)7-10/h9H,4-8H2,1-3H3. The molecule has 0 spiro atoms. The zero-order chi connectivity index (χ0) is 8.69. The molecule has 0 N–H and O–H groups in total. The lowest BCUT2D eigenvalue weighted by Crippen LogP contribution is -2.26. The molecule has 0 aromatic heterocycles. The van der Waals surface area contributed by atoms with Gasteiger partial charge in [-0.25, -0.2) is 0 Å². The molecule has 0 amide bonds. The SMILES string of the molecule is CCCN(C)CC(CC)CBr. The normalized spacial score (nSPS) is 13.9. The van der Waals surface area contributed by atoms with Crippen molar-refractivity contribution in [1.82, 2.24) is 4.90 Å². The van der Waals surface area contributed by atoms with Crippen LogP contribution in [-0.2, 0) is 0 Å². The lowest BCUT2D eigenvalue weighted by atomic mass is 10.1. The number of rotatable bonds is 6. The lowest BCUT2D eigenvalue weighted by Gasteiger charge is -2.20. The summed E-state index contributed by atoms with van der Waals surface area (Å²) >= 11 is 3.53. The maximum absolute atomic E-state index is 3.53. The Bertz CT molecular complexity index is 81.6. The highest BCUT2D eigenvalue weighted by atomic mass is 79.9. The number of hydrogen-bond acceptors (Lipinski definition) is 1. The van der Waals surface area contributed by atoms with Gasteiger partial charge in [-0.2, -0.15) is 0 Å². The lowest BCUT2D eigenvalue weighted by molar-refractivity contribution is 0.286. The van der Waals surface area contributed by atoms with Crippen LogP contribution in [0.25, 0.3) is 0 Å². The van der Waals surface area contributed by atoms with Gasteiger partial charge >= 0.3 is 0 Å². The van der Waals surface area contributed by atoms with E-state index in [1.165, 1.54) is 25.9 Å². The zero-order valence-corrected chi connectivity index (χ0v) is 9.52. The minimum absolute atomic E-state index is 0.826. The summed E-state index contributed by atoms with van der Waals surface area (Å²) in [5.74, 6) is 0.826. The Hall–Kier alpha value is 0.440. The molecule has 0 bridgehead atoms. The van der Waals surface area contributed by atoms with Crippen molar-refractivity contribution in [1.29, 1.82) is 0 Å². The van der Waals surface area contributed by atoms with Gasteiger partial charge in [-0.1, -0.05) is 36.2 Å². The molecule has 0 radical (unpaired) electrons. The molecule has 0 saturated heterocycles. The first kappa shape index (κ1) is 11.4. The monoisotopic (exact) mass is 221 g/mol. The van der Waals surface area contributed by atoms with Gasteiger partial charge in [-0.15, -0.1) is 0 Å². The topological polar surface area (TPSA) is 3.24 Å². The smallest absolute Gasteiger partial charge is 0.00717 e. The van der Waals surface area contributed by atoms with E-state index in [-0.39, 0.29) is 0 Å². The Balaban J connectivity index is 3.44. The van der Waals surface area contributed by atoms with Crippen LogP contribution < -0.4 is 0 Å². The third kappa shape index (κ3) is 5.68. The molecule has 1 nitrogen and oxygen atoms in total. The maximum atomic E-state index is 3.53. The fourth-order valence-electron chi connectivity index (χ4n) is 1.20. The van der Waals surface area contributed by atoms with Crippen LogP contribution in [0.1, 0.15) is 26.7 Å². The van der Waals surface area contributed by atoms with E-state index >= 15 is 0 Å². The molecular formula is C9H20BrN. The van der Waals surface area contributed by atoms with Crippen LogP contribution >= 0.6 is 15.9 Å². The Morgan fingerprint density at radius 1 is 1.36 bits per heavy atom. The van der Waals surface area contributed by atoms with Crippen LogP contribution in [0.4, 0.5) is 0 Å². The van der Waals surface area contributed by atoms with Gasteiger partial charge in [0.1, 0.15) is 0 Å². The highest BCUT2D eigenvalue weighted by Gasteiger charge is 2.06. The molecule has 11 heavy (non-hydrogen) atoms. The highest BCUT2D eigenvalue weighted by Crippen LogP contribution is 2.07. The van der Waals surface area contributed by atoms with Crippen molar-refractivity contribution in [2.24, 2.45) is 5.92 Å². The Labute approximate surface area is 79.3 Å². The Morgan fingerprint density at radius 3 is 2.36 bits per heavy atom. The van der Waals surface area contributed by atoms with Crippen LogP contribution in [0.2, 0.25) is 0 Å². The summed E-state index contributed by atoms with van der Waals surface area (Å²) in [6, 6.07) is 0. The molecule has 0 aromatic rings. The molecule has 0 aromatic carbocycles. The van der Waals surface area contributed by atoms with E-state index in [1.54, 1.807) is 0 Å². The van der Waals surface area contributed by atoms with Gasteiger partial charge in [0.05, 0.1) is 0 Å². The van der Waals surface area contributed by atoms with Crippen molar-refractivity contribution < 1.29 is 0 Å². The predicted molar refractivity (Wildman–Crippen MR) is 55.4 cm³/mol. The molecule has 0 aliphatic heterocycles. The summed E-state index contributed by atoms with van der Waals surface area (Å²) in [7, 11) is 2.20. The fraction of sp³-hybridized carbons (Fsp3) is 1.00. The van der Waals surface area contributed by atoms with E-state index in [2.05, 4.69) is 41.7 Å². The van der Waals surface area contributed by atoms with Crippen LogP contribution in [0.3, 0.4) is 0 Å². The second-order valence-electron chi connectivity index (χ2n) is 3.19. The van der Waals surface area contributed by atoms with Gasteiger partial charge in [0.15, 0.2) is 0 Å². The molecule has 0 aliphatic rings. The number of alkyl halides is 1. The molecule has 2 heteroatoms. The first-order valence-electron chi connectivity index (χ1n) is 4.49. The summed E-state index contributed by atoms with van der Waals surface area (Å²) < 4.78 is 0. The quantitative estimate of drug-likeness (QED) is 0.624. The Morgan fingerprint density at radius 2 is 2.00 bits per heavy atom. The molecule has 1 unspecified atom stereocenters. The van der Waals surface area contributed by atoms with Gasteiger partial charge in [0, 0.05) is 11.9 Å². The first-order valence-corrected chi connectivity index (χ1v) is 5.61. The summed E-state index contributed by atoms with van der Waals surface area (Å²) in [5, 5.41) is 1.14. The zero-order valence-electron chi connectivity index (χ0n) is 7.94. The van der Waals surface area contributed by atoms with E-state index in [0.717, 1.165) is 11.2 Å². The largest absolute Gasteiger partial charge is 0.306 e. The minimum Gasteiger partial charge on any atom is -0.306 e. The fourth-order valence-corrected chi connectivity index (χ4v) is 1.86. The average Bonchev–Trinajstić information content (AvgIpc) is 2.01. The van der Waals surface area contributed by atoms with E-state index in [4.69, 9.17) is 0 Å². The molecule has 0 saturated carbocycles. The van der Waals surface area contributed by atoms with Crippen molar-refractivity contribution in [3.8, 4) is 0 Å². The van der Waals surface area contributed by atoms with Crippen LogP contribution in [0.5, 0.6) is 0 Å². The minimum atomic E-state index is 0.826. The third-order valence-electron chi connectivity index (χ3n) is 1.97. The van der Waals surface area contributed by atoms with Crippen LogP contribution in [0.15, 0.2) is 0 Å². The number of nitrogens with zero attached hydrogens (tertiary/aromatic N) is 1. The molecular weight excluding hydrogens is 202 g/mol. The van der Waals surface area contributed by atoms with Crippen LogP contribution in [-0.4, -0.2) is 30.4 Å². The van der Waals surface area contributed by atoms with Gasteiger partial charge in [-0.05, 0) is 25.9 Å². The summed E-state index contributed by atoms with van der Waals surface area (Å²) in [6.45, 7) is 6.94. The maximum Gasteiger partial charge on any atom is 0.00717 e. The molecule has 0 fully saturated rings. The highest BCUT2D eigenvalue weighted by molar-refractivity contribution is 9.09. The van der Waals surface area contributed by atoms with Crippen LogP contribution in [0, 0.1) is 5.92 Å². The van der Waals surface area contributed by atoms with E-state index < -0.39 is 0 Å². The van der Waals surface area contributed by atoms with Crippen molar-refractivity contribution in [3.05, 3.63) is 0 Å². The van der Waals surface area contributed by atoms with Crippen molar-refractivity contribution in [2.45, 2.75) is 26.7 Å². The second-order valence-corrected chi connectivity index (χ2v) is 3.84.